The molecule has 0 radical (unpaired) electrons. The minimum atomic E-state index is -0.603. The lowest BCUT2D eigenvalue weighted by Crippen LogP contribution is -2.39. The summed E-state index contributed by atoms with van der Waals surface area (Å²) in [5.41, 5.74) is 6.07. The van der Waals surface area contributed by atoms with E-state index in [0.717, 1.165) is 19.3 Å². The van der Waals surface area contributed by atoms with Gasteiger partial charge in [-0.25, -0.2) is 0 Å². The van der Waals surface area contributed by atoms with Crippen molar-refractivity contribution in [1.82, 2.24) is 0 Å². The van der Waals surface area contributed by atoms with Crippen molar-refractivity contribution in [2.45, 2.75) is 46.1 Å². The number of hydrogen-bond donors (Lipinski definition) is 1. The van der Waals surface area contributed by atoms with E-state index in [4.69, 9.17) is 11.0 Å². The van der Waals surface area contributed by atoms with E-state index in [1.807, 2.05) is 0 Å². The van der Waals surface area contributed by atoms with E-state index in [1.165, 1.54) is 6.92 Å². The first kappa shape index (κ1) is 12.2. The first-order chi connectivity index (χ1) is 6.87. The fourth-order valence-corrected chi connectivity index (χ4v) is 2.53. The Hall–Kier alpha value is -0.880. The molecule has 1 rings (SSSR count). The minimum Gasteiger partial charge on any atom is -0.320 e. The summed E-state index contributed by atoms with van der Waals surface area (Å²) in [6, 6.07) is 1.61. The summed E-state index contributed by atoms with van der Waals surface area (Å²) in [6.07, 6.45) is 3.15. The molecule has 15 heavy (non-hydrogen) atoms. The van der Waals surface area contributed by atoms with Crippen molar-refractivity contribution < 1.29 is 4.79 Å². The van der Waals surface area contributed by atoms with Crippen LogP contribution < -0.4 is 5.73 Å². The number of Topliss-reactive ketones (excluding diaryl/α,β-unsaturated/α-hetero) is 1. The molecule has 0 bridgehead atoms. The number of ketones is 1. The van der Waals surface area contributed by atoms with Crippen molar-refractivity contribution in [2.24, 2.45) is 23.0 Å². The van der Waals surface area contributed by atoms with Gasteiger partial charge in [0.05, 0.1) is 18.0 Å². The second kappa shape index (κ2) is 4.32. The molecule has 0 amide bonds. The lowest BCUT2D eigenvalue weighted by atomic mass is 9.82. The Labute approximate surface area is 91.6 Å². The highest BCUT2D eigenvalue weighted by atomic mass is 16.1. The number of nitrogens with two attached hydrogens (primary N) is 1. The van der Waals surface area contributed by atoms with Gasteiger partial charge in [0.25, 0.3) is 0 Å². The maximum atomic E-state index is 11.2. The monoisotopic (exact) mass is 208 g/mol. The predicted octanol–water partition coefficient (Wildman–Crippen LogP) is 1.87. The fourth-order valence-electron chi connectivity index (χ4n) is 2.53. The van der Waals surface area contributed by atoms with Crippen LogP contribution >= 0.6 is 0 Å². The van der Waals surface area contributed by atoms with Gasteiger partial charge in [-0.15, -0.1) is 0 Å². The van der Waals surface area contributed by atoms with Crippen LogP contribution in [0.25, 0.3) is 0 Å². The van der Waals surface area contributed by atoms with Crippen molar-refractivity contribution in [3.05, 3.63) is 0 Å². The highest BCUT2D eigenvalue weighted by Gasteiger charge is 2.38. The number of hydrogen-bond acceptors (Lipinski definition) is 3. The van der Waals surface area contributed by atoms with Crippen LogP contribution in [0.2, 0.25) is 0 Å². The molecule has 0 aromatic heterocycles. The number of nitriles is 1. The van der Waals surface area contributed by atoms with Crippen molar-refractivity contribution in [2.75, 3.05) is 0 Å². The molecule has 1 aliphatic rings. The molecule has 1 fully saturated rings. The standard InChI is InChI=1S/C12H20N2O/c1-8(15)11(14)10(7-13)9-4-5-12(2,3)6-9/h9-11H,4-6,14H2,1-3H3. The Morgan fingerprint density at radius 2 is 2.20 bits per heavy atom. The van der Waals surface area contributed by atoms with E-state index in [9.17, 15) is 4.79 Å². The van der Waals surface area contributed by atoms with Crippen LogP contribution in [0.4, 0.5) is 0 Å². The van der Waals surface area contributed by atoms with Crippen LogP contribution in [0.1, 0.15) is 40.0 Å². The number of nitrogens with zero attached hydrogens (tertiary/aromatic N) is 1. The zero-order valence-corrected chi connectivity index (χ0v) is 9.79. The number of rotatable bonds is 3. The lowest BCUT2D eigenvalue weighted by Gasteiger charge is -2.23. The maximum absolute atomic E-state index is 11.2. The highest BCUT2D eigenvalue weighted by Crippen LogP contribution is 2.44. The van der Waals surface area contributed by atoms with Gasteiger partial charge in [-0.05, 0) is 37.5 Å². The van der Waals surface area contributed by atoms with Crippen LogP contribution in [0.3, 0.4) is 0 Å². The molecule has 0 saturated heterocycles. The molecule has 3 heteroatoms. The Bertz CT molecular complexity index is 290. The maximum Gasteiger partial charge on any atom is 0.147 e. The van der Waals surface area contributed by atoms with Gasteiger partial charge in [0, 0.05) is 0 Å². The quantitative estimate of drug-likeness (QED) is 0.770. The third kappa shape index (κ3) is 2.79. The SMILES string of the molecule is CC(=O)C(N)C(C#N)C1CCC(C)(C)C1. The topological polar surface area (TPSA) is 66.9 Å². The molecule has 3 nitrogen and oxygen atoms in total. The second-order valence-corrected chi connectivity index (χ2v) is 5.46. The summed E-state index contributed by atoms with van der Waals surface area (Å²) >= 11 is 0. The number of carbonyl (C=O) groups is 1. The molecule has 3 unspecified atom stereocenters. The van der Waals surface area contributed by atoms with Crippen molar-refractivity contribution in [1.29, 1.82) is 5.26 Å². The van der Waals surface area contributed by atoms with Gasteiger partial charge in [0.2, 0.25) is 0 Å². The molecular weight excluding hydrogens is 188 g/mol. The molecule has 0 heterocycles. The summed E-state index contributed by atoms with van der Waals surface area (Å²) in [7, 11) is 0. The van der Waals surface area contributed by atoms with Crippen molar-refractivity contribution in [3.8, 4) is 6.07 Å². The molecule has 3 atom stereocenters. The van der Waals surface area contributed by atoms with E-state index in [2.05, 4.69) is 19.9 Å². The Balaban J connectivity index is 2.70. The molecular formula is C12H20N2O. The van der Waals surface area contributed by atoms with Crippen LogP contribution in [-0.2, 0) is 4.79 Å². The first-order valence-corrected chi connectivity index (χ1v) is 5.53. The van der Waals surface area contributed by atoms with E-state index < -0.39 is 6.04 Å². The number of carbonyl (C=O) groups excluding carboxylic acids is 1. The van der Waals surface area contributed by atoms with E-state index in [0.29, 0.717) is 11.3 Å². The molecule has 0 aliphatic heterocycles. The molecule has 0 spiro atoms. The van der Waals surface area contributed by atoms with Crippen molar-refractivity contribution in [3.63, 3.8) is 0 Å². The summed E-state index contributed by atoms with van der Waals surface area (Å²) < 4.78 is 0. The lowest BCUT2D eigenvalue weighted by molar-refractivity contribution is -0.119. The van der Waals surface area contributed by atoms with Crippen LogP contribution in [0.5, 0.6) is 0 Å². The highest BCUT2D eigenvalue weighted by molar-refractivity contribution is 5.81. The summed E-state index contributed by atoms with van der Waals surface area (Å²) in [5, 5.41) is 9.09. The fraction of sp³-hybridized carbons (Fsp3) is 0.833. The van der Waals surface area contributed by atoms with Crippen LogP contribution in [0.15, 0.2) is 0 Å². The predicted molar refractivity (Wildman–Crippen MR) is 58.9 cm³/mol. The van der Waals surface area contributed by atoms with E-state index in [1.54, 1.807) is 0 Å². The van der Waals surface area contributed by atoms with Crippen LogP contribution in [0, 0.1) is 28.6 Å². The largest absolute Gasteiger partial charge is 0.320 e. The Morgan fingerprint density at radius 1 is 1.60 bits per heavy atom. The normalized spacial score (nSPS) is 28.1. The third-order valence-corrected chi connectivity index (χ3v) is 3.52. The molecule has 84 valence electrons. The van der Waals surface area contributed by atoms with Gasteiger partial charge in [-0.2, -0.15) is 5.26 Å². The smallest absolute Gasteiger partial charge is 0.147 e. The van der Waals surface area contributed by atoms with Gasteiger partial charge in [0.1, 0.15) is 5.78 Å². The van der Waals surface area contributed by atoms with Gasteiger partial charge in [0.15, 0.2) is 0 Å². The molecule has 0 aromatic rings. The zero-order chi connectivity index (χ0) is 11.6. The third-order valence-electron chi connectivity index (χ3n) is 3.52. The summed E-state index contributed by atoms with van der Waals surface area (Å²) in [6.45, 7) is 5.89. The second-order valence-electron chi connectivity index (χ2n) is 5.46. The minimum absolute atomic E-state index is 0.0775. The van der Waals surface area contributed by atoms with Crippen LogP contribution in [-0.4, -0.2) is 11.8 Å². The Morgan fingerprint density at radius 3 is 2.53 bits per heavy atom. The summed E-state index contributed by atoms with van der Waals surface area (Å²) in [4.78, 5) is 11.2. The van der Waals surface area contributed by atoms with Gasteiger partial charge in [-0.1, -0.05) is 13.8 Å². The molecule has 2 N–H and O–H groups in total. The average Bonchev–Trinajstić information content (AvgIpc) is 2.47. The molecule has 1 saturated carbocycles. The van der Waals surface area contributed by atoms with Gasteiger partial charge < -0.3 is 5.73 Å². The van der Waals surface area contributed by atoms with Gasteiger partial charge >= 0.3 is 0 Å². The summed E-state index contributed by atoms with van der Waals surface area (Å²) in [5.74, 6) is -0.0839. The Kier molecular flexibility index (Phi) is 3.51. The average molecular weight is 208 g/mol. The molecule has 0 aromatic carbocycles. The molecule has 1 aliphatic carbocycles. The van der Waals surface area contributed by atoms with Gasteiger partial charge in [-0.3, -0.25) is 4.79 Å². The van der Waals surface area contributed by atoms with E-state index in [-0.39, 0.29) is 11.7 Å². The first-order valence-electron chi connectivity index (χ1n) is 5.53. The van der Waals surface area contributed by atoms with Crippen molar-refractivity contribution >= 4 is 5.78 Å². The van der Waals surface area contributed by atoms with E-state index >= 15 is 0 Å². The zero-order valence-electron chi connectivity index (χ0n) is 9.79.